The summed E-state index contributed by atoms with van der Waals surface area (Å²) in [6.07, 6.45) is 1.52. The van der Waals surface area contributed by atoms with Crippen molar-refractivity contribution in [2.75, 3.05) is 26.2 Å². The van der Waals surface area contributed by atoms with Gasteiger partial charge in [0, 0.05) is 11.6 Å². The minimum absolute atomic E-state index is 0.108. The number of aliphatic hydroxyl groups is 2. The summed E-state index contributed by atoms with van der Waals surface area (Å²) < 4.78 is 0. The summed E-state index contributed by atoms with van der Waals surface area (Å²) in [5.74, 6) is -0.271. The Morgan fingerprint density at radius 2 is 1.62 bits per heavy atom. The van der Waals surface area contributed by atoms with Crippen LogP contribution >= 0.6 is 11.3 Å². The fourth-order valence-electron chi connectivity index (χ4n) is 3.58. The third kappa shape index (κ3) is 2.78. The van der Waals surface area contributed by atoms with Crippen molar-refractivity contribution in [3.05, 3.63) is 28.3 Å². The van der Waals surface area contributed by atoms with E-state index < -0.39 is 11.2 Å². The molecule has 8 heteroatoms. The van der Waals surface area contributed by atoms with Crippen LogP contribution in [0.4, 0.5) is 0 Å². The van der Waals surface area contributed by atoms with E-state index in [4.69, 9.17) is 0 Å². The first-order chi connectivity index (χ1) is 12.1. The van der Waals surface area contributed by atoms with Crippen LogP contribution in [-0.4, -0.2) is 74.2 Å². The number of pyridine rings is 1. The van der Waals surface area contributed by atoms with E-state index in [0.29, 0.717) is 41.5 Å². The zero-order chi connectivity index (χ0) is 18.9. The standard InChI is InChI=1S/C18H21N3O4S/c1-10-12-4-11(15(22)20-6-17(2,24)7-20)5-19-14(12)26-13(10)16(23)21-8-18(3,25)9-21/h4-5,24-25H,6-9H2,1-3H3. The SMILES string of the molecule is Cc1c(C(=O)N2CC(C)(O)C2)sc2ncc(C(=O)N3CC(C)(O)C3)cc12. The molecule has 2 aromatic heterocycles. The second-order valence-corrected chi connectivity index (χ2v) is 8.95. The summed E-state index contributed by atoms with van der Waals surface area (Å²) >= 11 is 1.31. The Bertz CT molecular complexity index is 918. The van der Waals surface area contributed by atoms with Crippen molar-refractivity contribution in [3.63, 3.8) is 0 Å². The van der Waals surface area contributed by atoms with Gasteiger partial charge in [-0.05, 0) is 32.4 Å². The number of hydrogen-bond donors (Lipinski definition) is 2. The van der Waals surface area contributed by atoms with Gasteiger partial charge in [0.15, 0.2) is 0 Å². The number of nitrogens with zero attached hydrogens (tertiary/aromatic N) is 3. The van der Waals surface area contributed by atoms with Crippen molar-refractivity contribution in [1.29, 1.82) is 0 Å². The molecule has 0 aliphatic carbocycles. The summed E-state index contributed by atoms with van der Waals surface area (Å²) in [4.78, 5) is 34.0. The topological polar surface area (TPSA) is 94.0 Å². The molecule has 2 saturated heterocycles. The number of aromatic nitrogens is 1. The highest BCUT2D eigenvalue weighted by atomic mass is 32.1. The van der Waals surface area contributed by atoms with Gasteiger partial charge in [-0.1, -0.05) is 0 Å². The van der Waals surface area contributed by atoms with Gasteiger partial charge >= 0.3 is 0 Å². The lowest BCUT2D eigenvalue weighted by atomic mass is 9.96. The van der Waals surface area contributed by atoms with Gasteiger partial charge < -0.3 is 20.0 Å². The van der Waals surface area contributed by atoms with Crippen molar-refractivity contribution >= 4 is 33.4 Å². The summed E-state index contributed by atoms with van der Waals surface area (Å²) in [7, 11) is 0. The number of rotatable bonds is 2. The highest BCUT2D eigenvalue weighted by molar-refractivity contribution is 7.20. The summed E-state index contributed by atoms with van der Waals surface area (Å²) in [6.45, 7) is 6.54. The number of carbonyl (C=O) groups is 2. The van der Waals surface area contributed by atoms with Crippen LogP contribution in [0, 0.1) is 6.92 Å². The Morgan fingerprint density at radius 3 is 2.15 bits per heavy atom. The van der Waals surface area contributed by atoms with Crippen LogP contribution in [0.1, 0.15) is 39.4 Å². The third-order valence-electron chi connectivity index (χ3n) is 4.94. The van der Waals surface area contributed by atoms with E-state index in [2.05, 4.69) is 4.98 Å². The third-order valence-corrected chi connectivity index (χ3v) is 6.14. The van der Waals surface area contributed by atoms with Gasteiger partial charge in [0.05, 0.1) is 47.8 Å². The predicted molar refractivity (Wildman–Crippen MR) is 97.4 cm³/mol. The molecule has 2 amide bonds. The van der Waals surface area contributed by atoms with Crippen LogP contribution in [0.15, 0.2) is 12.3 Å². The van der Waals surface area contributed by atoms with E-state index >= 15 is 0 Å². The number of thiophene rings is 1. The molecule has 0 bridgehead atoms. The molecule has 0 unspecified atom stereocenters. The van der Waals surface area contributed by atoms with Crippen molar-refractivity contribution in [2.24, 2.45) is 0 Å². The van der Waals surface area contributed by atoms with Crippen molar-refractivity contribution in [2.45, 2.75) is 32.0 Å². The lowest BCUT2D eigenvalue weighted by molar-refractivity contribution is -0.0668. The zero-order valence-corrected chi connectivity index (χ0v) is 15.8. The maximum absolute atomic E-state index is 12.7. The van der Waals surface area contributed by atoms with Crippen molar-refractivity contribution in [3.8, 4) is 0 Å². The van der Waals surface area contributed by atoms with Gasteiger partial charge in [0.25, 0.3) is 11.8 Å². The van der Waals surface area contributed by atoms with E-state index in [0.717, 1.165) is 10.9 Å². The molecular weight excluding hydrogens is 354 g/mol. The van der Waals surface area contributed by atoms with Crippen LogP contribution in [0.25, 0.3) is 10.2 Å². The van der Waals surface area contributed by atoms with Gasteiger partial charge in [-0.3, -0.25) is 9.59 Å². The van der Waals surface area contributed by atoms with Crippen molar-refractivity contribution < 1.29 is 19.8 Å². The Hall–Kier alpha value is -2.03. The molecule has 7 nitrogen and oxygen atoms in total. The first-order valence-corrected chi connectivity index (χ1v) is 9.30. The fourth-order valence-corrected chi connectivity index (χ4v) is 4.68. The molecule has 0 aromatic carbocycles. The first-order valence-electron chi connectivity index (χ1n) is 8.49. The number of fused-ring (bicyclic) bond motifs is 1. The van der Waals surface area contributed by atoms with E-state index in [-0.39, 0.29) is 11.8 Å². The van der Waals surface area contributed by atoms with Gasteiger partial charge in [-0.25, -0.2) is 4.98 Å². The Kier molecular flexibility index (Phi) is 3.67. The second-order valence-electron chi connectivity index (χ2n) is 7.95. The van der Waals surface area contributed by atoms with Crippen LogP contribution in [-0.2, 0) is 0 Å². The molecule has 2 fully saturated rings. The zero-order valence-electron chi connectivity index (χ0n) is 14.9. The van der Waals surface area contributed by atoms with Crippen LogP contribution in [0.5, 0.6) is 0 Å². The molecular formula is C18H21N3O4S. The number of amides is 2. The number of aryl methyl sites for hydroxylation is 1. The Balaban J connectivity index is 1.60. The quantitative estimate of drug-likeness (QED) is 0.817. The molecule has 138 valence electrons. The number of likely N-dealkylation sites (tertiary alicyclic amines) is 2. The summed E-state index contributed by atoms with van der Waals surface area (Å²) in [6, 6.07) is 1.77. The Labute approximate surface area is 154 Å². The highest BCUT2D eigenvalue weighted by Crippen LogP contribution is 2.33. The smallest absolute Gasteiger partial charge is 0.264 e. The molecule has 0 spiro atoms. The molecule has 2 N–H and O–H groups in total. The molecule has 4 heterocycles. The van der Waals surface area contributed by atoms with Crippen LogP contribution in [0.3, 0.4) is 0 Å². The maximum atomic E-state index is 12.7. The van der Waals surface area contributed by atoms with E-state index in [9.17, 15) is 19.8 Å². The number of hydrogen-bond acceptors (Lipinski definition) is 6. The molecule has 26 heavy (non-hydrogen) atoms. The number of β-amino-alcohol motifs (C(OH)–C–C–N with tert-alkyl or cyclic N) is 2. The maximum Gasteiger partial charge on any atom is 0.264 e. The predicted octanol–water partition coefficient (Wildman–Crippen LogP) is 1.02. The lowest BCUT2D eigenvalue weighted by Crippen LogP contribution is -2.61. The molecule has 0 radical (unpaired) electrons. The first kappa shape index (κ1) is 17.4. The van der Waals surface area contributed by atoms with Gasteiger partial charge in [0.1, 0.15) is 4.83 Å². The highest BCUT2D eigenvalue weighted by Gasteiger charge is 2.41. The van der Waals surface area contributed by atoms with E-state index in [1.165, 1.54) is 17.5 Å². The molecule has 0 atom stereocenters. The van der Waals surface area contributed by atoms with Gasteiger partial charge in [0.2, 0.25) is 0 Å². The number of carbonyl (C=O) groups excluding carboxylic acids is 2. The second kappa shape index (κ2) is 5.48. The summed E-state index contributed by atoms with van der Waals surface area (Å²) in [5, 5.41) is 20.4. The average molecular weight is 375 g/mol. The van der Waals surface area contributed by atoms with Gasteiger partial charge in [-0.15, -0.1) is 11.3 Å². The molecule has 0 saturated carbocycles. The Morgan fingerprint density at radius 1 is 1.08 bits per heavy atom. The normalized spacial score (nSPS) is 20.7. The largest absolute Gasteiger partial charge is 0.386 e. The van der Waals surface area contributed by atoms with Gasteiger partial charge in [-0.2, -0.15) is 0 Å². The van der Waals surface area contributed by atoms with Crippen LogP contribution in [0.2, 0.25) is 0 Å². The monoisotopic (exact) mass is 375 g/mol. The fraction of sp³-hybridized carbons (Fsp3) is 0.500. The van der Waals surface area contributed by atoms with E-state index in [1.807, 2.05) is 6.92 Å². The summed E-state index contributed by atoms with van der Waals surface area (Å²) in [5.41, 5.74) is -0.362. The molecule has 2 aliphatic heterocycles. The molecule has 2 aliphatic rings. The molecule has 2 aromatic rings. The minimum Gasteiger partial charge on any atom is -0.386 e. The van der Waals surface area contributed by atoms with E-state index in [1.54, 1.807) is 29.7 Å². The lowest BCUT2D eigenvalue weighted by Gasteiger charge is -2.44. The average Bonchev–Trinajstić information content (AvgIpc) is 2.85. The molecule has 4 rings (SSSR count). The van der Waals surface area contributed by atoms with Crippen LogP contribution < -0.4 is 0 Å². The minimum atomic E-state index is -0.816. The van der Waals surface area contributed by atoms with Crippen molar-refractivity contribution in [1.82, 2.24) is 14.8 Å².